The van der Waals surface area contributed by atoms with Crippen molar-refractivity contribution in [2.45, 2.75) is 57.0 Å². The lowest BCUT2D eigenvalue weighted by molar-refractivity contribution is -0.135. The van der Waals surface area contributed by atoms with Crippen LogP contribution in [0.4, 0.5) is 0 Å². The van der Waals surface area contributed by atoms with Crippen LogP contribution in [0.15, 0.2) is 40.7 Å². The van der Waals surface area contributed by atoms with Crippen LogP contribution < -0.4 is 5.56 Å². The molecule has 1 aliphatic carbocycles. The van der Waals surface area contributed by atoms with Gasteiger partial charge in [-0.2, -0.15) is 5.10 Å². The fourth-order valence-corrected chi connectivity index (χ4v) is 7.00. The predicted octanol–water partition coefficient (Wildman–Crippen LogP) is 2.90. The summed E-state index contributed by atoms with van der Waals surface area (Å²) in [5.41, 5.74) is 2.10. The number of nitrogens with zero attached hydrogens (tertiary/aromatic N) is 4. The van der Waals surface area contributed by atoms with Crippen LogP contribution in [-0.4, -0.2) is 57.2 Å². The smallest absolute Gasteiger partial charge is 0.274 e. The van der Waals surface area contributed by atoms with Crippen LogP contribution >= 0.6 is 0 Å². The van der Waals surface area contributed by atoms with Gasteiger partial charge in [-0.1, -0.05) is 36.3 Å². The summed E-state index contributed by atoms with van der Waals surface area (Å²) in [4.78, 5) is 31.0. The van der Waals surface area contributed by atoms with E-state index in [0.29, 0.717) is 22.9 Å². The molecule has 6 heteroatoms. The number of fused-ring (bicyclic) bond motifs is 7. The fourth-order valence-electron chi connectivity index (χ4n) is 7.00. The van der Waals surface area contributed by atoms with Crippen LogP contribution in [0.2, 0.25) is 0 Å². The number of amides is 1. The van der Waals surface area contributed by atoms with Crippen molar-refractivity contribution in [3.05, 3.63) is 52.0 Å². The Morgan fingerprint density at radius 2 is 1.97 bits per heavy atom. The molecule has 0 spiro atoms. The number of hydrogen-bond donors (Lipinski definition) is 0. The molecular formula is C26H32N4O2. The van der Waals surface area contributed by atoms with Gasteiger partial charge in [0.05, 0.1) is 23.5 Å². The first-order chi connectivity index (χ1) is 15.6. The van der Waals surface area contributed by atoms with E-state index in [9.17, 15) is 9.59 Å². The first-order valence-electron chi connectivity index (χ1n) is 12.3. The first kappa shape index (κ1) is 20.2. The van der Waals surface area contributed by atoms with Crippen molar-refractivity contribution in [1.82, 2.24) is 19.6 Å². The Kier molecular flexibility index (Phi) is 4.94. The second kappa shape index (κ2) is 7.84. The summed E-state index contributed by atoms with van der Waals surface area (Å²) < 4.78 is 1.37. The Labute approximate surface area is 188 Å². The number of likely N-dealkylation sites (tertiary alicyclic amines) is 1. The second-order valence-electron chi connectivity index (χ2n) is 10.2. The van der Waals surface area contributed by atoms with Crippen molar-refractivity contribution in [3.8, 4) is 0 Å². The van der Waals surface area contributed by atoms with E-state index in [1.54, 1.807) is 7.05 Å². The van der Waals surface area contributed by atoms with Gasteiger partial charge in [-0.15, -0.1) is 0 Å². The summed E-state index contributed by atoms with van der Waals surface area (Å²) in [6.07, 6.45) is 10.2. The summed E-state index contributed by atoms with van der Waals surface area (Å²) in [7, 11) is 1.67. The number of hydrogen-bond acceptors (Lipinski definition) is 4. The normalized spacial score (nSPS) is 29.9. The third kappa shape index (κ3) is 3.22. The van der Waals surface area contributed by atoms with E-state index in [1.807, 2.05) is 24.3 Å². The van der Waals surface area contributed by atoms with Gasteiger partial charge in [0.2, 0.25) is 5.91 Å². The van der Waals surface area contributed by atoms with Gasteiger partial charge < -0.3 is 4.90 Å². The van der Waals surface area contributed by atoms with Gasteiger partial charge in [0.25, 0.3) is 5.56 Å². The van der Waals surface area contributed by atoms with Crippen LogP contribution in [0.25, 0.3) is 10.8 Å². The van der Waals surface area contributed by atoms with E-state index in [4.69, 9.17) is 0 Å². The number of aromatic nitrogens is 2. The lowest BCUT2D eigenvalue weighted by Gasteiger charge is -2.54. The quantitative estimate of drug-likeness (QED) is 0.685. The zero-order chi connectivity index (χ0) is 21.8. The van der Waals surface area contributed by atoms with Gasteiger partial charge >= 0.3 is 0 Å². The van der Waals surface area contributed by atoms with E-state index in [2.05, 4.69) is 21.0 Å². The maximum Gasteiger partial charge on any atom is 0.274 e. The minimum Gasteiger partial charge on any atom is -0.335 e. The lowest BCUT2D eigenvalue weighted by atomic mass is 9.68. The van der Waals surface area contributed by atoms with Gasteiger partial charge in [0.15, 0.2) is 0 Å². The van der Waals surface area contributed by atoms with E-state index < -0.39 is 0 Å². The molecule has 1 aromatic carbocycles. The Balaban J connectivity index is 1.31. The Morgan fingerprint density at radius 1 is 1.12 bits per heavy atom. The van der Waals surface area contributed by atoms with E-state index in [1.165, 1.54) is 42.5 Å². The van der Waals surface area contributed by atoms with E-state index >= 15 is 0 Å². The Hall–Kier alpha value is -2.47. The molecule has 32 heavy (non-hydrogen) atoms. The molecule has 3 aliphatic heterocycles. The van der Waals surface area contributed by atoms with Crippen LogP contribution in [0.3, 0.4) is 0 Å². The highest BCUT2D eigenvalue weighted by Crippen LogP contribution is 2.45. The molecule has 6 rings (SSSR count). The minimum absolute atomic E-state index is 0.114. The van der Waals surface area contributed by atoms with Crippen molar-refractivity contribution < 1.29 is 4.79 Å². The number of carbonyl (C=O) groups excluding carboxylic acids is 1. The summed E-state index contributed by atoms with van der Waals surface area (Å²) in [6.45, 7) is 3.18. The number of carbonyl (C=O) groups is 1. The van der Waals surface area contributed by atoms with Crippen LogP contribution in [-0.2, 0) is 18.3 Å². The van der Waals surface area contributed by atoms with E-state index in [-0.39, 0.29) is 23.9 Å². The highest BCUT2D eigenvalue weighted by atomic mass is 16.2. The maximum absolute atomic E-state index is 13.7. The van der Waals surface area contributed by atoms with Crippen molar-refractivity contribution in [1.29, 1.82) is 0 Å². The molecule has 4 atom stereocenters. The maximum atomic E-state index is 13.7. The number of benzene rings is 1. The first-order valence-corrected chi connectivity index (χ1v) is 12.3. The van der Waals surface area contributed by atoms with Gasteiger partial charge in [-0.25, -0.2) is 4.68 Å². The zero-order valence-electron chi connectivity index (χ0n) is 18.9. The molecule has 4 aliphatic rings. The summed E-state index contributed by atoms with van der Waals surface area (Å²) in [6, 6.07) is 8.49. The molecule has 0 saturated carbocycles. The highest BCUT2D eigenvalue weighted by Gasteiger charge is 2.46. The topological polar surface area (TPSA) is 58.4 Å². The average molecular weight is 433 g/mol. The van der Waals surface area contributed by atoms with Gasteiger partial charge in [-0.05, 0) is 56.6 Å². The SMILES string of the molecule is Cn1nc(CC(=O)N2CCCC3=C[C@H]4C[C@H](CN5CCCC[C@@H]45)[C@H]32)c2ccccc2c1=O. The van der Waals surface area contributed by atoms with Crippen molar-refractivity contribution in [2.75, 3.05) is 19.6 Å². The van der Waals surface area contributed by atoms with Crippen molar-refractivity contribution in [3.63, 3.8) is 0 Å². The fraction of sp³-hybridized carbons (Fsp3) is 0.577. The molecule has 2 bridgehead atoms. The number of piperidine rings is 3. The second-order valence-corrected chi connectivity index (χ2v) is 10.2. The third-order valence-electron chi connectivity index (χ3n) is 8.33. The average Bonchev–Trinajstić information content (AvgIpc) is 2.82. The molecule has 0 radical (unpaired) electrons. The van der Waals surface area contributed by atoms with Crippen LogP contribution in [0.5, 0.6) is 0 Å². The molecule has 0 N–H and O–H groups in total. The molecule has 6 nitrogen and oxygen atoms in total. The third-order valence-corrected chi connectivity index (χ3v) is 8.33. The van der Waals surface area contributed by atoms with Crippen molar-refractivity contribution in [2.24, 2.45) is 18.9 Å². The van der Waals surface area contributed by atoms with Gasteiger partial charge in [0, 0.05) is 31.6 Å². The summed E-state index contributed by atoms with van der Waals surface area (Å²) >= 11 is 0. The van der Waals surface area contributed by atoms with Gasteiger partial charge in [-0.3, -0.25) is 14.5 Å². The predicted molar refractivity (Wildman–Crippen MR) is 124 cm³/mol. The molecule has 3 fully saturated rings. The molecule has 2 aromatic rings. The molecule has 4 heterocycles. The molecular weight excluding hydrogens is 400 g/mol. The monoisotopic (exact) mass is 432 g/mol. The largest absolute Gasteiger partial charge is 0.335 e. The summed E-state index contributed by atoms with van der Waals surface area (Å²) in [5.74, 6) is 1.36. The Morgan fingerprint density at radius 3 is 2.84 bits per heavy atom. The molecule has 1 aromatic heterocycles. The standard InChI is InChI=1S/C26H32N4O2/c1-28-26(32)21-9-3-2-8-20(21)22(27-28)15-24(31)30-12-6-7-17-13-18-14-19(25(17)30)16-29-11-5-4-10-23(18)29/h2-3,8-9,13,18-19,23,25H,4-7,10-12,14-16H2,1H3/t18-,19+,23-,25-/m0/s1. The van der Waals surface area contributed by atoms with E-state index in [0.717, 1.165) is 37.4 Å². The van der Waals surface area contributed by atoms with Gasteiger partial charge in [0.1, 0.15) is 0 Å². The molecule has 3 saturated heterocycles. The highest BCUT2D eigenvalue weighted by molar-refractivity contribution is 5.88. The lowest BCUT2D eigenvalue weighted by Crippen LogP contribution is -2.60. The molecule has 1 amide bonds. The summed E-state index contributed by atoms with van der Waals surface area (Å²) in [5, 5.41) is 5.93. The minimum atomic E-state index is -0.114. The van der Waals surface area contributed by atoms with Crippen LogP contribution in [0, 0.1) is 11.8 Å². The Bertz CT molecular complexity index is 1150. The van der Waals surface area contributed by atoms with Crippen molar-refractivity contribution >= 4 is 16.7 Å². The molecule has 168 valence electrons. The zero-order valence-corrected chi connectivity index (χ0v) is 18.9. The number of rotatable bonds is 2. The molecule has 0 unspecified atom stereocenters. The van der Waals surface area contributed by atoms with Crippen LogP contribution in [0.1, 0.15) is 44.2 Å². The number of aryl methyl sites for hydroxylation is 1.